The molecule has 2 nitrogen and oxygen atoms in total. The molecule has 0 atom stereocenters. The Bertz CT molecular complexity index is 3080. The topological polar surface area (TPSA) is 12.5 Å². The number of para-hydroxylation sites is 1. The molecule has 10 aromatic rings. The van der Waals surface area contributed by atoms with Gasteiger partial charge in [0, 0.05) is 53.9 Å². The van der Waals surface area contributed by atoms with E-state index in [2.05, 4.69) is 217 Å². The molecule has 2 heterocycles. The second kappa shape index (κ2) is 13.8. The molecule has 1 aliphatic rings. The van der Waals surface area contributed by atoms with E-state index in [0.717, 1.165) is 61.9 Å². The summed E-state index contributed by atoms with van der Waals surface area (Å²) in [5, 5.41) is 2.62. The van der Waals surface area contributed by atoms with E-state index >= 15 is 0 Å². The SMILES string of the molecule is c1ccc(-c2ccc(N(c3ccc(-c4cccc5c4sc4ccccc45)cc3)c3ccc4c(c3)-c3ccccc3-c3cccc(-c5ccccc5)c3O4)cc2)cc1. The molecule has 0 N–H and O–H groups in total. The van der Waals surface area contributed by atoms with Crippen LogP contribution in [0.5, 0.6) is 11.5 Å². The number of anilines is 3. The van der Waals surface area contributed by atoms with Crippen LogP contribution in [0.25, 0.3) is 75.8 Å². The molecule has 0 amide bonds. The number of benzene rings is 9. The van der Waals surface area contributed by atoms with Gasteiger partial charge < -0.3 is 9.64 Å². The highest BCUT2D eigenvalue weighted by molar-refractivity contribution is 7.26. The van der Waals surface area contributed by atoms with E-state index in [1.807, 2.05) is 11.3 Å². The zero-order chi connectivity index (χ0) is 37.7. The summed E-state index contributed by atoms with van der Waals surface area (Å²) in [6.45, 7) is 0. The van der Waals surface area contributed by atoms with Crippen molar-refractivity contribution in [3.05, 3.63) is 212 Å². The Hall–Kier alpha value is -7.20. The van der Waals surface area contributed by atoms with Gasteiger partial charge in [-0.25, -0.2) is 0 Å². The number of hydrogen-bond donors (Lipinski definition) is 0. The van der Waals surface area contributed by atoms with Crippen molar-refractivity contribution in [1.82, 2.24) is 0 Å². The lowest BCUT2D eigenvalue weighted by molar-refractivity contribution is 0.489. The van der Waals surface area contributed by atoms with Gasteiger partial charge in [0.1, 0.15) is 11.5 Å². The highest BCUT2D eigenvalue weighted by atomic mass is 32.1. The summed E-state index contributed by atoms with van der Waals surface area (Å²) in [7, 11) is 0. The molecule has 0 saturated carbocycles. The highest BCUT2D eigenvalue weighted by Gasteiger charge is 2.25. The van der Waals surface area contributed by atoms with Gasteiger partial charge in [0.05, 0.1) is 0 Å². The van der Waals surface area contributed by atoms with Crippen molar-refractivity contribution in [2.45, 2.75) is 0 Å². The van der Waals surface area contributed by atoms with E-state index in [0.29, 0.717) is 0 Å². The normalized spacial score (nSPS) is 11.6. The first-order chi connectivity index (χ1) is 28.3. The van der Waals surface area contributed by atoms with E-state index in [1.54, 1.807) is 0 Å². The maximum absolute atomic E-state index is 6.99. The van der Waals surface area contributed by atoms with Crippen molar-refractivity contribution in [1.29, 1.82) is 0 Å². The van der Waals surface area contributed by atoms with Gasteiger partial charge in [-0.15, -0.1) is 11.3 Å². The summed E-state index contributed by atoms with van der Waals surface area (Å²) in [6, 6.07) is 76.1. The lowest BCUT2D eigenvalue weighted by Gasteiger charge is -2.27. The third-order valence-electron chi connectivity index (χ3n) is 11.1. The molecule has 0 aliphatic carbocycles. The van der Waals surface area contributed by atoms with Crippen LogP contribution in [-0.2, 0) is 0 Å². The Kier molecular flexibility index (Phi) is 8.04. The molecular weight excluding hydrogens is 711 g/mol. The fraction of sp³-hybridized carbons (Fsp3) is 0. The van der Waals surface area contributed by atoms with Crippen LogP contribution < -0.4 is 9.64 Å². The number of nitrogens with zero attached hydrogens (tertiary/aromatic N) is 1. The molecule has 1 aromatic heterocycles. The largest absolute Gasteiger partial charge is 0.455 e. The molecule has 11 rings (SSSR count). The van der Waals surface area contributed by atoms with Gasteiger partial charge in [-0.2, -0.15) is 0 Å². The Morgan fingerprint density at radius 2 is 0.842 bits per heavy atom. The molecule has 57 heavy (non-hydrogen) atoms. The van der Waals surface area contributed by atoms with Crippen molar-refractivity contribution >= 4 is 48.6 Å². The predicted molar refractivity (Wildman–Crippen MR) is 241 cm³/mol. The number of rotatable bonds is 6. The molecule has 3 heteroatoms. The molecule has 9 aromatic carbocycles. The van der Waals surface area contributed by atoms with Gasteiger partial charge in [-0.1, -0.05) is 164 Å². The smallest absolute Gasteiger partial charge is 0.143 e. The van der Waals surface area contributed by atoms with E-state index in [4.69, 9.17) is 4.74 Å². The lowest BCUT2D eigenvalue weighted by Crippen LogP contribution is -2.10. The van der Waals surface area contributed by atoms with Gasteiger partial charge in [0.25, 0.3) is 0 Å². The van der Waals surface area contributed by atoms with E-state index in [1.165, 1.54) is 42.4 Å². The van der Waals surface area contributed by atoms with Crippen molar-refractivity contribution in [3.8, 4) is 67.1 Å². The van der Waals surface area contributed by atoms with E-state index in [-0.39, 0.29) is 0 Å². The van der Waals surface area contributed by atoms with Gasteiger partial charge in [0.15, 0.2) is 0 Å². The number of thiophene rings is 1. The Balaban J connectivity index is 1.05. The Labute approximate surface area is 336 Å². The van der Waals surface area contributed by atoms with Crippen LogP contribution in [0.4, 0.5) is 17.1 Å². The number of hydrogen-bond acceptors (Lipinski definition) is 3. The minimum Gasteiger partial charge on any atom is -0.455 e. The number of fused-ring (bicyclic) bond motifs is 8. The second-order valence-electron chi connectivity index (χ2n) is 14.5. The van der Waals surface area contributed by atoms with Gasteiger partial charge in [0.2, 0.25) is 0 Å². The molecule has 0 saturated heterocycles. The maximum Gasteiger partial charge on any atom is 0.143 e. The fourth-order valence-corrected chi connectivity index (χ4v) is 9.61. The van der Waals surface area contributed by atoms with Crippen molar-refractivity contribution < 1.29 is 4.74 Å². The average molecular weight is 746 g/mol. The molecule has 0 unspecified atom stereocenters. The summed E-state index contributed by atoms with van der Waals surface area (Å²) in [5.41, 5.74) is 14.7. The molecule has 0 fully saturated rings. The number of ether oxygens (including phenoxy) is 1. The van der Waals surface area contributed by atoms with Gasteiger partial charge >= 0.3 is 0 Å². The standard InChI is InChI=1S/C54H35NOS/c1-3-13-36(14-4-1)37-25-29-40(30-26-37)55(41-31-27-39(28-32-41)44-21-12-23-49-47-19-9-10-24-52(47)57-54(44)49)42-33-34-51-50(35-42)46-18-8-7-17-45(46)48-22-11-20-43(53(48)56-51)38-15-5-2-6-16-38/h1-35H. The Morgan fingerprint density at radius 1 is 0.333 bits per heavy atom. The van der Waals surface area contributed by atoms with Crippen LogP contribution in [0.3, 0.4) is 0 Å². The predicted octanol–water partition coefficient (Wildman–Crippen LogP) is 16.0. The van der Waals surface area contributed by atoms with Crippen molar-refractivity contribution in [2.75, 3.05) is 4.90 Å². The fourth-order valence-electron chi connectivity index (χ4n) is 8.37. The zero-order valence-corrected chi connectivity index (χ0v) is 31.8. The minimum atomic E-state index is 0.833. The summed E-state index contributed by atoms with van der Waals surface area (Å²) in [4.78, 5) is 2.36. The third kappa shape index (κ3) is 5.80. The van der Waals surface area contributed by atoms with Crippen LogP contribution in [0.2, 0.25) is 0 Å². The lowest BCUT2D eigenvalue weighted by atomic mass is 9.92. The molecule has 0 bridgehead atoms. The minimum absolute atomic E-state index is 0.833. The summed E-state index contributed by atoms with van der Waals surface area (Å²) in [6.07, 6.45) is 0. The molecular formula is C54H35NOS. The summed E-state index contributed by atoms with van der Waals surface area (Å²) < 4.78 is 9.62. The maximum atomic E-state index is 6.99. The first-order valence-electron chi connectivity index (χ1n) is 19.3. The van der Waals surface area contributed by atoms with Crippen LogP contribution >= 0.6 is 11.3 Å². The second-order valence-corrected chi connectivity index (χ2v) is 15.5. The molecule has 1 aliphatic heterocycles. The van der Waals surface area contributed by atoms with Crippen LogP contribution in [-0.4, -0.2) is 0 Å². The summed E-state index contributed by atoms with van der Waals surface area (Å²) in [5.74, 6) is 1.71. The molecule has 0 spiro atoms. The van der Waals surface area contributed by atoms with Crippen molar-refractivity contribution in [3.63, 3.8) is 0 Å². The van der Waals surface area contributed by atoms with Gasteiger partial charge in [-0.3, -0.25) is 0 Å². The van der Waals surface area contributed by atoms with Crippen LogP contribution in [0, 0.1) is 0 Å². The monoisotopic (exact) mass is 745 g/mol. The third-order valence-corrected chi connectivity index (χ3v) is 12.3. The average Bonchev–Trinajstić information content (AvgIpc) is 3.60. The molecule has 268 valence electrons. The highest BCUT2D eigenvalue weighted by Crippen LogP contribution is 2.52. The van der Waals surface area contributed by atoms with Crippen molar-refractivity contribution in [2.24, 2.45) is 0 Å². The van der Waals surface area contributed by atoms with Crippen LogP contribution in [0.15, 0.2) is 212 Å². The zero-order valence-electron chi connectivity index (χ0n) is 31.0. The summed E-state index contributed by atoms with van der Waals surface area (Å²) >= 11 is 1.87. The first-order valence-corrected chi connectivity index (χ1v) is 20.1. The molecule has 0 radical (unpaired) electrons. The first kappa shape index (κ1) is 33.2. The van der Waals surface area contributed by atoms with E-state index < -0.39 is 0 Å². The quantitative estimate of drug-likeness (QED) is 0.168. The van der Waals surface area contributed by atoms with Crippen LogP contribution in [0.1, 0.15) is 0 Å². The van der Waals surface area contributed by atoms with E-state index in [9.17, 15) is 0 Å². The van der Waals surface area contributed by atoms with Gasteiger partial charge in [-0.05, 0) is 87.5 Å². The Morgan fingerprint density at radius 3 is 1.60 bits per heavy atom.